The van der Waals surface area contributed by atoms with Gasteiger partial charge in [0.1, 0.15) is 5.52 Å². The Morgan fingerprint density at radius 2 is 2.22 bits per heavy atom. The number of hydrogen-bond donors (Lipinski definition) is 3. The molecule has 0 aliphatic heterocycles. The number of nitrogens with zero attached hydrogens (tertiary/aromatic N) is 1. The zero-order valence-electron chi connectivity index (χ0n) is 10.2. The third kappa shape index (κ3) is 2.47. The third-order valence-corrected chi connectivity index (χ3v) is 3.21. The standard InChI is InChI=1S/C12H15ClN4O/c1-6(7(2)14)11(18)17-12-15-9-5-3-4-8(13)10(9)16-12/h3-7H,14H2,1-2H3,(H2,15,16,17,18). The van der Waals surface area contributed by atoms with E-state index in [-0.39, 0.29) is 17.9 Å². The van der Waals surface area contributed by atoms with Gasteiger partial charge in [0.05, 0.1) is 16.5 Å². The highest BCUT2D eigenvalue weighted by molar-refractivity contribution is 6.35. The lowest BCUT2D eigenvalue weighted by Crippen LogP contribution is -2.34. The Kier molecular flexibility index (Phi) is 3.54. The second-order valence-electron chi connectivity index (χ2n) is 4.36. The molecule has 2 aromatic rings. The molecule has 0 saturated carbocycles. The second-order valence-corrected chi connectivity index (χ2v) is 4.77. The molecule has 2 unspecified atom stereocenters. The van der Waals surface area contributed by atoms with Crippen LogP contribution in [0.15, 0.2) is 18.2 Å². The highest BCUT2D eigenvalue weighted by Gasteiger charge is 2.18. The first kappa shape index (κ1) is 12.9. The van der Waals surface area contributed by atoms with Crippen LogP contribution in [0.25, 0.3) is 11.0 Å². The molecule has 6 heteroatoms. The van der Waals surface area contributed by atoms with E-state index in [1.54, 1.807) is 19.9 Å². The quantitative estimate of drug-likeness (QED) is 0.796. The fourth-order valence-corrected chi connectivity index (χ4v) is 1.74. The predicted molar refractivity (Wildman–Crippen MR) is 72.5 cm³/mol. The molecule has 18 heavy (non-hydrogen) atoms. The number of halogens is 1. The molecule has 0 fully saturated rings. The van der Waals surface area contributed by atoms with Gasteiger partial charge in [0.15, 0.2) is 0 Å². The maximum absolute atomic E-state index is 11.8. The van der Waals surface area contributed by atoms with Gasteiger partial charge in [-0.15, -0.1) is 0 Å². The largest absolute Gasteiger partial charge is 0.327 e. The fraction of sp³-hybridized carbons (Fsp3) is 0.333. The molecule has 1 aromatic heterocycles. The average Bonchev–Trinajstić information content (AvgIpc) is 2.71. The molecule has 0 aliphatic carbocycles. The lowest BCUT2D eigenvalue weighted by molar-refractivity contribution is -0.119. The first-order chi connectivity index (χ1) is 8.49. The minimum absolute atomic E-state index is 0.167. The summed E-state index contributed by atoms with van der Waals surface area (Å²) in [5, 5.41) is 3.24. The second kappa shape index (κ2) is 4.96. The Bertz CT molecular complexity index is 578. The zero-order valence-corrected chi connectivity index (χ0v) is 11.0. The summed E-state index contributed by atoms with van der Waals surface area (Å²) < 4.78 is 0. The number of H-pyrrole nitrogens is 1. The maximum atomic E-state index is 11.8. The molecular weight excluding hydrogens is 252 g/mol. The van der Waals surface area contributed by atoms with Crippen LogP contribution >= 0.6 is 11.6 Å². The zero-order chi connectivity index (χ0) is 13.3. The smallest absolute Gasteiger partial charge is 0.231 e. The number of carbonyl (C=O) groups excluding carboxylic acids is 1. The van der Waals surface area contributed by atoms with Crippen LogP contribution < -0.4 is 11.1 Å². The Morgan fingerprint density at radius 1 is 1.50 bits per heavy atom. The average molecular weight is 267 g/mol. The van der Waals surface area contributed by atoms with Crippen LogP contribution in [0, 0.1) is 5.92 Å². The van der Waals surface area contributed by atoms with Gasteiger partial charge in [-0.2, -0.15) is 0 Å². The summed E-state index contributed by atoms with van der Waals surface area (Å²) in [5.41, 5.74) is 7.10. The molecule has 96 valence electrons. The van der Waals surface area contributed by atoms with Crippen molar-refractivity contribution in [2.45, 2.75) is 19.9 Å². The van der Waals surface area contributed by atoms with E-state index in [9.17, 15) is 4.79 Å². The molecule has 1 heterocycles. The minimum atomic E-state index is -0.284. The van der Waals surface area contributed by atoms with Crippen LogP contribution in [0.5, 0.6) is 0 Å². The molecule has 1 aromatic carbocycles. The van der Waals surface area contributed by atoms with Gasteiger partial charge < -0.3 is 10.7 Å². The number of amides is 1. The minimum Gasteiger partial charge on any atom is -0.327 e. The Balaban J connectivity index is 2.23. The highest BCUT2D eigenvalue weighted by Crippen LogP contribution is 2.22. The molecule has 0 bridgehead atoms. The van der Waals surface area contributed by atoms with E-state index >= 15 is 0 Å². The van der Waals surface area contributed by atoms with Gasteiger partial charge >= 0.3 is 0 Å². The van der Waals surface area contributed by atoms with E-state index in [0.717, 1.165) is 5.52 Å². The number of nitrogens with one attached hydrogen (secondary N) is 2. The van der Waals surface area contributed by atoms with Crippen LogP contribution in [0.4, 0.5) is 5.95 Å². The lowest BCUT2D eigenvalue weighted by atomic mass is 10.0. The van der Waals surface area contributed by atoms with E-state index in [2.05, 4.69) is 15.3 Å². The summed E-state index contributed by atoms with van der Waals surface area (Å²) in [7, 11) is 0. The topological polar surface area (TPSA) is 83.8 Å². The normalized spacial score (nSPS) is 14.4. The number of para-hydroxylation sites is 1. The van der Waals surface area contributed by atoms with Gasteiger partial charge in [0.25, 0.3) is 0 Å². The molecule has 0 aliphatic rings. The van der Waals surface area contributed by atoms with Crippen LogP contribution in [-0.2, 0) is 4.79 Å². The number of anilines is 1. The number of aromatic nitrogens is 2. The number of carbonyl (C=O) groups is 1. The van der Waals surface area contributed by atoms with Gasteiger partial charge in [-0.1, -0.05) is 24.6 Å². The number of benzene rings is 1. The number of rotatable bonds is 3. The molecule has 2 rings (SSSR count). The van der Waals surface area contributed by atoms with Gasteiger partial charge in [-0.25, -0.2) is 4.98 Å². The monoisotopic (exact) mass is 266 g/mol. The first-order valence-electron chi connectivity index (χ1n) is 5.69. The number of hydrogen-bond acceptors (Lipinski definition) is 3. The molecular formula is C12H15ClN4O. The van der Waals surface area contributed by atoms with E-state index in [1.165, 1.54) is 0 Å². The van der Waals surface area contributed by atoms with Crippen molar-refractivity contribution in [1.82, 2.24) is 9.97 Å². The van der Waals surface area contributed by atoms with Crippen molar-refractivity contribution in [3.8, 4) is 0 Å². The van der Waals surface area contributed by atoms with Crippen LogP contribution in [0.3, 0.4) is 0 Å². The summed E-state index contributed by atoms with van der Waals surface area (Å²) >= 11 is 6.00. The van der Waals surface area contributed by atoms with Crippen LogP contribution in [0.2, 0.25) is 5.02 Å². The Hall–Kier alpha value is -1.59. The number of nitrogens with two attached hydrogens (primary N) is 1. The predicted octanol–water partition coefficient (Wildman–Crippen LogP) is 2.14. The molecule has 0 spiro atoms. The number of fused-ring (bicyclic) bond motifs is 1. The third-order valence-electron chi connectivity index (χ3n) is 2.91. The van der Waals surface area contributed by atoms with Crippen molar-refractivity contribution in [3.63, 3.8) is 0 Å². The van der Waals surface area contributed by atoms with Crippen molar-refractivity contribution in [2.24, 2.45) is 11.7 Å². The lowest BCUT2D eigenvalue weighted by Gasteiger charge is -2.13. The van der Waals surface area contributed by atoms with Crippen molar-refractivity contribution in [1.29, 1.82) is 0 Å². The van der Waals surface area contributed by atoms with E-state index in [0.29, 0.717) is 16.5 Å². The van der Waals surface area contributed by atoms with Gasteiger partial charge in [-0.3, -0.25) is 10.1 Å². The van der Waals surface area contributed by atoms with Crippen molar-refractivity contribution >= 4 is 34.5 Å². The summed E-state index contributed by atoms with van der Waals surface area (Å²) in [6.45, 7) is 3.56. The highest BCUT2D eigenvalue weighted by atomic mass is 35.5. The fourth-order valence-electron chi connectivity index (χ4n) is 1.53. The number of imidazole rings is 1. The Labute approximate surface area is 110 Å². The number of aromatic amines is 1. The van der Waals surface area contributed by atoms with Crippen LogP contribution in [0.1, 0.15) is 13.8 Å². The first-order valence-corrected chi connectivity index (χ1v) is 6.07. The molecule has 1 amide bonds. The molecule has 2 atom stereocenters. The summed E-state index contributed by atoms with van der Waals surface area (Å²) in [6, 6.07) is 5.21. The van der Waals surface area contributed by atoms with Gasteiger partial charge in [0.2, 0.25) is 11.9 Å². The van der Waals surface area contributed by atoms with E-state index < -0.39 is 0 Å². The molecule has 0 radical (unpaired) electrons. The van der Waals surface area contributed by atoms with Crippen LogP contribution in [-0.4, -0.2) is 21.9 Å². The van der Waals surface area contributed by atoms with Gasteiger partial charge in [0, 0.05) is 6.04 Å². The summed E-state index contributed by atoms with van der Waals surface area (Å²) in [4.78, 5) is 19.1. The van der Waals surface area contributed by atoms with Crippen molar-refractivity contribution in [2.75, 3.05) is 5.32 Å². The molecule has 5 nitrogen and oxygen atoms in total. The SMILES string of the molecule is CC(N)C(C)C(=O)Nc1nc2c(Cl)cccc2[nH]1. The van der Waals surface area contributed by atoms with E-state index in [4.69, 9.17) is 17.3 Å². The summed E-state index contributed by atoms with van der Waals surface area (Å²) in [6.07, 6.45) is 0. The van der Waals surface area contributed by atoms with Crippen molar-refractivity contribution < 1.29 is 4.79 Å². The van der Waals surface area contributed by atoms with Crippen molar-refractivity contribution in [3.05, 3.63) is 23.2 Å². The molecule has 4 N–H and O–H groups in total. The Morgan fingerprint density at radius 3 is 2.83 bits per heavy atom. The maximum Gasteiger partial charge on any atom is 0.231 e. The summed E-state index contributed by atoms with van der Waals surface area (Å²) in [5.74, 6) is -0.0653. The van der Waals surface area contributed by atoms with Gasteiger partial charge in [-0.05, 0) is 19.1 Å². The molecule has 0 saturated heterocycles. The van der Waals surface area contributed by atoms with E-state index in [1.807, 2.05) is 12.1 Å².